The Hall–Kier alpha value is 1.42. The summed E-state index contributed by atoms with van der Waals surface area (Å²) in [6.07, 6.45) is 0. The van der Waals surface area contributed by atoms with Crippen molar-refractivity contribution in [2.75, 3.05) is 16.4 Å². The van der Waals surface area contributed by atoms with E-state index in [1.165, 1.54) is 4.43 Å². The van der Waals surface area contributed by atoms with Crippen molar-refractivity contribution in [3.63, 3.8) is 0 Å². The molecule has 0 rings (SSSR count). The van der Waals surface area contributed by atoms with Crippen LogP contribution in [0.2, 0.25) is 0 Å². The van der Waals surface area contributed by atoms with E-state index >= 15 is 0 Å². The topological polar surface area (TPSA) is 12.0 Å². The summed E-state index contributed by atoms with van der Waals surface area (Å²) in [5, 5.41) is 0. The molecule has 0 heterocycles. The second-order valence-electron chi connectivity index (χ2n) is 0.905. The molecule has 0 aliphatic rings. The van der Waals surface area contributed by atoms with Gasteiger partial charge in [-0.2, -0.15) is 0 Å². The van der Waals surface area contributed by atoms with Gasteiger partial charge in [-0.1, -0.05) is 0 Å². The molecule has 0 amide bonds. The normalized spacial score (nSPS) is 12.1. The van der Waals surface area contributed by atoms with E-state index in [0.29, 0.717) is 17.2 Å². The van der Waals surface area contributed by atoms with Gasteiger partial charge in [0.2, 0.25) is 0 Å². The van der Waals surface area contributed by atoms with E-state index in [-0.39, 0.29) is 0 Å². The molecule has 0 aromatic carbocycles. The van der Waals surface area contributed by atoms with Crippen LogP contribution in [0.3, 0.4) is 0 Å². The fraction of sp³-hybridized carbons (Fsp3) is 1.00. The summed E-state index contributed by atoms with van der Waals surface area (Å²) in [5.74, 6) is 0. The van der Waals surface area contributed by atoms with E-state index in [0.717, 1.165) is 0 Å². The molecule has 48 valence electrons. The second kappa shape index (κ2) is 5.55. The molecule has 0 saturated carbocycles. The van der Waals surface area contributed by atoms with Crippen molar-refractivity contribution in [2.45, 2.75) is 6.92 Å². The van der Waals surface area contributed by atoms with Crippen LogP contribution in [0.4, 0.5) is 0 Å². The molecule has 0 radical (unpaired) electrons. The molecule has 0 aromatic heterocycles. The van der Waals surface area contributed by atoms with E-state index in [1.807, 2.05) is 0 Å². The number of nitrogens with one attached hydrogen (secondary N) is 1. The van der Waals surface area contributed by atoms with Crippen molar-refractivity contribution in [3.8, 4) is 0 Å². The van der Waals surface area contributed by atoms with Gasteiger partial charge in [0.05, 0.1) is 0 Å². The van der Waals surface area contributed by atoms with E-state index in [1.54, 1.807) is 0 Å². The molecule has 0 spiro atoms. The van der Waals surface area contributed by atoms with E-state index in [2.05, 4.69) is 22.4 Å². The van der Waals surface area contributed by atoms with Gasteiger partial charge in [0.15, 0.2) is 0 Å². The van der Waals surface area contributed by atoms with Crippen LogP contribution in [0.5, 0.6) is 0 Å². The van der Waals surface area contributed by atoms with Crippen molar-refractivity contribution in [2.24, 2.45) is 0 Å². The summed E-state index contributed by atoms with van der Waals surface area (Å²) >= 11 is 0.128. The predicted molar refractivity (Wildman–Crippen MR) is 39.5 cm³/mol. The van der Waals surface area contributed by atoms with Crippen LogP contribution in [0.25, 0.3) is 0 Å². The molecule has 0 fully saturated rings. The quantitative estimate of drug-likeness (QED) is 0.369. The molecule has 3 heteroatoms. The fourth-order valence-electron chi connectivity index (χ4n) is 0.306. The average Bonchev–Trinajstić information content (AvgIpc) is 1.72. The molecule has 0 aliphatic heterocycles. The van der Waals surface area contributed by atoms with Crippen LogP contribution in [0, 0.1) is 0 Å². The van der Waals surface area contributed by atoms with E-state index in [9.17, 15) is 0 Å². The van der Waals surface area contributed by atoms with Gasteiger partial charge in [-0.15, -0.1) is 0 Å². The number of hydrogen-bond donors (Lipinski definition) is 1. The molecular formula is C4H12I2N-. The standard InChI is InChI=1S/C4H12I2N/c1-4-6(5-2)7-3/h7H,4H2,1-3H3/q-1. The van der Waals surface area contributed by atoms with Crippen molar-refractivity contribution in [1.82, 2.24) is 3.53 Å². The molecule has 0 aromatic rings. The third-order valence-electron chi connectivity index (χ3n) is 0.612. The Morgan fingerprint density at radius 3 is 2.29 bits per heavy atom. The Labute approximate surface area is 59.7 Å². The summed E-state index contributed by atoms with van der Waals surface area (Å²) in [6.45, 7) is 2.30. The molecule has 0 bridgehead atoms. The third-order valence-corrected chi connectivity index (χ3v) is 17.3. The van der Waals surface area contributed by atoms with Crippen LogP contribution >= 0.6 is 16.1 Å². The fourth-order valence-corrected chi connectivity index (χ4v) is 8.66. The van der Waals surface area contributed by atoms with Gasteiger partial charge in [-0.25, -0.2) is 0 Å². The van der Waals surface area contributed by atoms with Crippen molar-refractivity contribution in [1.29, 1.82) is 0 Å². The Kier molecular flexibility index (Phi) is 6.68. The van der Waals surface area contributed by atoms with Crippen LogP contribution in [0.15, 0.2) is 0 Å². The summed E-state index contributed by atoms with van der Waals surface area (Å²) < 4.78 is 4.86. The van der Waals surface area contributed by atoms with Gasteiger partial charge >= 0.3 is 60.2 Å². The van der Waals surface area contributed by atoms with Crippen LogP contribution in [0.1, 0.15) is 6.92 Å². The molecule has 1 N–H and O–H groups in total. The molecule has 7 heavy (non-hydrogen) atoms. The third kappa shape index (κ3) is 3.96. The van der Waals surface area contributed by atoms with E-state index in [4.69, 9.17) is 0 Å². The Morgan fingerprint density at radius 1 is 1.71 bits per heavy atom. The van der Waals surface area contributed by atoms with Gasteiger partial charge in [-0.05, 0) is 0 Å². The zero-order chi connectivity index (χ0) is 5.70. The zero-order valence-electron chi connectivity index (χ0n) is 4.96. The minimum absolute atomic E-state index is 0.459. The van der Waals surface area contributed by atoms with Crippen molar-refractivity contribution < 1.29 is 17.2 Å². The number of rotatable bonds is 3. The van der Waals surface area contributed by atoms with Crippen LogP contribution in [-0.4, -0.2) is 16.4 Å². The number of halogens is 2. The molecule has 0 atom stereocenters. The van der Waals surface area contributed by atoms with Gasteiger partial charge < -0.3 is 0 Å². The molecule has 0 unspecified atom stereocenters. The average molecular weight is 328 g/mol. The number of alkyl halides is 2. The summed E-state index contributed by atoms with van der Waals surface area (Å²) in [7, 11) is 2.11. The van der Waals surface area contributed by atoms with Gasteiger partial charge in [0, 0.05) is 0 Å². The SMILES string of the molecule is CCI(NC)[I-]C. The first-order valence-corrected chi connectivity index (χ1v) is 13.2. The predicted octanol–water partition coefficient (Wildman–Crippen LogP) is -1.72. The summed E-state index contributed by atoms with van der Waals surface area (Å²) in [4.78, 5) is 2.38. The van der Waals surface area contributed by atoms with Crippen molar-refractivity contribution in [3.05, 3.63) is 0 Å². The Balaban J connectivity index is 2.99. The first-order chi connectivity index (χ1) is 3.35. The first kappa shape index (κ1) is 8.42. The van der Waals surface area contributed by atoms with Gasteiger partial charge in [0.25, 0.3) is 0 Å². The molecule has 0 saturated heterocycles. The van der Waals surface area contributed by atoms with E-state index < -0.39 is 16.1 Å². The van der Waals surface area contributed by atoms with Gasteiger partial charge in [-0.3, -0.25) is 0 Å². The first-order valence-electron chi connectivity index (χ1n) is 2.18. The second-order valence-corrected chi connectivity index (χ2v) is 18.1. The van der Waals surface area contributed by atoms with Crippen LogP contribution in [-0.2, 0) is 0 Å². The Bertz CT molecular complexity index is 31.2. The molecular weight excluding hydrogens is 316 g/mol. The van der Waals surface area contributed by atoms with Crippen molar-refractivity contribution >= 4 is 16.1 Å². The summed E-state index contributed by atoms with van der Waals surface area (Å²) in [5.41, 5.74) is 0. The minimum atomic E-state index is -0.459. The monoisotopic (exact) mass is 328 g/mol. The van der Waals surface area contributed by atoms with Gasteiger partial charge in [0.1, 0.15) is 0 Å². The molecule has 0 aliphatic carbocycles. The maximum atomic E-state index is 3.41. The van der Waals surface area contributed by atoms with Crippen LogP contribution < -0.4 is 20.8 Å². The Morgan fingerprint density at radius 2 is 2.29 bits per heavy atom. The number of hydrogen-bond acceptors (Lipinski definition) is 1. The maximum absolute atomic E-state index is 3.41. The zero-order valence-corrected chi connectivity index (χ0v) is 9.28. The molecule has 1 nitrogen and oxygen atoms in total. The summed E-state index contributed by atoms with van der Waals surface area (Å²) in [6, 6.07) is 0.